The van der Waals surface area contributed by atoms with Gasteiger partial charge in [0.05, 0.1) is 0 Å². The van der Waals surface area contributed by atoms with Gasteiger partial charge in [0.15, 0.2) is 0 Å². The number of hydrogen-bond donors (Lipinski definition) is 1. The Hall–Kier alpha value is -1.89. The second kappa shape index (κ2) is 3.60. The molecule has 0 bridgehead atoms. The highest BCUT2D eigenvalue weighted by molar-refractivity contribution is 7.91. The lowest BCUT2D eigenvalue weighted by Gasteiger charge is -1.94. The van der Waals surface area contributed by atoms with Gasteiger partial charge in [-0.25, -0.2) is 8.42 Å². The molecule has 0 unspecified atom stereocenters. The number of aromatic amines is 1. The first kappa shape index (κ1) is 10.6. The van der Waals surface area contributed by atoms with Crippen molar-refractivity contribution >= 4 is 20.7 Å². The van der Waals surface area contributed by atoms with Crippen molar-refractivity contribution in [3.8, 4) is 0 Å². The summed E-state index contributed by atoms with van der Waals surface area (Å²) in [5, 5.41) is 10.8. The molecule has 1 heterocycles. The Kier molecular flexibility index (Phi) is 2.39. The highest BCUT2D eigenvalue weighted by Crippen LogP contribution is 2.18. The van der Waals surface area contributed by atoms with Gasteiger partial charge in [0.1, 0.15) is 5.03 Å². The van der Waals surface area contributed by atoms with E-state index in [1.165, 1.54) is 6.07 Å². The van der Waals surface area contributed by atoms with Crippen molar-refractivity contribution in [3.05, 3.63) is 40.4 Å². The zero-order valence-electron chi connectivity index (χ0n) is 8.08. The van der Waals surface area contributed by atoms with Gasteiger partial charge in [-0.05, 0) is 12.1 Å². The van der Waals surface area contributed by atoms with Crippen molar-refractivity contribution in [1.82, 2.24) is 4.98 Å². The number of rotatable bonds is 3. The van der Waals surface area contributed by atoms with Crippen LogP contribution >= 0.6 is 0 Å². The number of sulfone groups is 1. The summed E-state index contributed by atoms with van der Waals surface area (Å²) in [5.41, 5.74) is 0.643. The molecule has 0 aliphatic rings. The van der Waals surface area contributed by atoms with E-state index < -0.39 is 20.6 Å². The highest BCUT2D eigenvalue weighted by atomic mass is 32.2. The quantitative estimate of drug-likeness (QED) is 0.643. The molecule has 2 aromatic rings. The summed E-state index contributed by atoms with van der Waals surface area (Å²) < 4.78 is 23.1. The van der Waals surface area contributed by atoms with Crippen LogP contribution in [0.15, 0.2) is 35.4 Å². The molecule has 84 valence electrons. The number of nitrogens with zero attached hydrogens (tertiary/aromatic N) is 1. The lowest BCUT2D eigenvalue weighted by atomic mass is 10.3. The van der Waals surface area contributed by atoms with Gasteiger partial charge in [-0.15, -0.1) is 0 Å². The van der Waals surface area contributed by atoms with Crippen molar-refractivity contribution < 1.29 is 13.3 Å². The summed E-state index contributed by atoms with van der Waals surface area (Å²) in [7, 11) is -3.88. The Balaban J connectivity index is 2.52. The van der Waals surface area contributed by atoms with Crippen LogP contribution in [0.4, 0.5) is 0 Å². The fourth-order valence-corrected chi connectivity index (χ4v) is 2.41. The number of aromatic nitrogens is 1. The number of hydrogen-bond acceptors (Lipinski definition) is 4. The molecule has 0 aliphatic carbocycles. The number of nitrogens with one attached hydrogen (secondary N) is 1. The minimum atomic E-state index is -3.88. The smallest absolute Gasteiger partial charge is 0.307 e. The Morgan fingerprint density at radius 1 is 1.31 bits per heavy atom. The van der Waals surface area contributed by atoms with E-state index in [-0.39, 0.29) is 5.03 Å². The van der Waals surface area contributed by atoms with Crippen LogP contribution in [0.2, 0.25) is 0 Å². The summed E-state index contributed by atoms with van der Waals surface area (Å²) in [6.07, 6.45) is 0. The van der Waals surface area contributed by atoms with Crippen molar-refractivity contribution in [3.63, 3.8) is 0 Å². The maximum Gasteiger partial charge on any atom is 0.307 e. The Bertz CT molecular complexity index is 611. The fraction of sp³-hybridized carbons (Fsp3) is 0.111. The Labute approximate surface area is 91.0 Å². The molecular weight excluding hydrogens is 232 g/mol. The number of fused-ring (bicyclic) bond motifs is 1. The first-order chi connectivity index (χ1) is 7.49. The monoisotopic (exact) mass is 240 g/mol. The van der Waals surface area contributed by atoms with Crippen LogP contribution in [0.5, 0.6) is 0 Å². The van der Waals surface area contributed by atoms with E-state index in [4.69, 9.17) is 0 Å². The predicted octanol–water partition coefficient (Wildman–Crippen LogP) is 1.18. The molecule has 0 atom stereocenters. The van der Waals surface area contributed by atoms with Crippen molar-refractivity contribution in [1.29, 1.82) is 0 Å². The lowest BCUT2D eigenvalue weighted by molar-refractivity contribution is -0.458. The van der Waals surface area contributed by atoms with Crippen molar-refractivity contribution in [2.24, 2.45) is 0 Å². The fourth-order valence-electron chi connectivity index (χ4n) is 1.42. The zero-order valence-corrected chi connectivity index (χ0v) is 8.90. The van der Waals surface area contributed by atoms with Gasteiger partial charge < -0.3 is 4.98 Å². The van der Waals surface area contributed by atoms with E-state index >= 15 is 0 Å². The molecule has 16 heavy (non-hydrogen) atoms. The first-order valence-corrected chi connectivity index (χ1v) is 6.06. The van der Waals surface area contributed by atoms with Gasteiger partial charge in [-0.3, -0.25) is 10.1 Å². The van der Waals surface area contributed by atoms with E-state index in [0.29, 0.717) is 10.9 Å². The van der Waals surface area contributed by atoms with E-state index in [1.807, 2.05) is 0 Å². The van der Waals surface area contributed by atoms with Crippen LogP contribution < -0.4 is 0 Å². The lowest BCUT2D eigenvalue weighted by Crippen LogP contribution is -2.14. The third kappa shape index (κ3) is 1.89. The van der Waals surface area contributed by atoms with Crippen molar-refractivity contribution in [2.45, 2.75) is 5.03 Å². The van der Waals surface area contributed by atoms with Gasteiger partial charge in [0.25, 0.3) is 9.84 Å². The van der Waals surface area contributed by atoms with Crippen LogP contribution in [0.3, 0.4) is 0 Å². The summed E-state index contributed by atoms with van der Waals surface area (Å²) in [5.74, 6) is -1.10. The highest BCUT2D eigenvalue weighted by Gasteiger charge is 2.23. The normalized spacial score (nSPS) is 11.8. The van der Waals surface area contributed by atoms with Crippen LogP contribution in [0.25, 0.3) is 10.9 Å². The molecule has 0 aliphatic heterocycles. The summed E-state index contributed by atoms with van der Waals surface area (Å²) in [4.78, 5) is 12.0. The summed E-state index contributed by atoms with van der Waals surface area (Å²) in [6.45, 7) is 0. The van der Waals surface area contributed by atoms with Gasteiger partial charge in [0, 0.05) is 15.8 Å². The van der Waals surface area contributed by atoms with Crippen LogP contribution in [0, 0.1) is 10.1 Å². The predicted molar refractivity (Wildman–Crippen MR) is 57.3 cm³/mol. The molecule has 6 nitrogen and oxygen atoms in total. The average molecular weight is 240 g/mol. The second-order valence-electron chi connectivity index (χ2n) is 3.30. The standard InChI is InChI=1S/C9H8N2O4S/c12-11(13)6-16(14,15)9-5-7-3-1-2-4-8(7)10-9/h1-5,10H,6H2. The molecule has 7 heteroatoms. The number of H-pyrrole nitrogens is 1. The molecular formula is C9H8N2O4S. The molecule has 0 amide bonds. The molecule has 0 radical (unpaired) electrons. The third-order valence-electron chi connectivity index (χ3n) is 2.12. The maximum atomic E-state index is 11.5. The van der Waals surface area contributed by atoms with E-state index in [0.717, 1.165) is 0 Å². The van der Waals surface area contributed by atoms with Gasteiger partial charge in [-0.2, -0.15) is 0 Å². The molecule has 0 fully saturated rings. The molecule has 1 N–H and O–H groups in total. The van der Waals surface area contributed by atoms with E-state index in [2.05, 4.69) is 4.98 Å². The minimum absolute atomic E-state index is 0.120. The number of benzene rings is 1. The summed E-state index contributed by atoms with van der Waals surface area (Å²) >= 11 is 0. The Morgan fingerprint density at radius 3 is 2.62 bits per heavy atom. The zero-order chi connectivity index (χ0) is 11.8. The average Bonchev–Trinajstić information content (AvgIpc) is 2.59. The molecule has 0 saturated heterocycles. The minimum Gasteiger partial charge on any atom is -0.345 e. The third-order valence-corrected chi connectivity index (χ3v) is 3.56. The molecule has 1 aromatic heterocycles. The van der Waals surface area contributed by atoms with Gasteiger partial charge >= 0.3 is 5.88 Å². The molecule has 0 saturated carbocycles. The largest absolute Gasteiger partial charge is 0.345 e. The SMILES string of the molecule is O=[N+]([O-])CS(=O)(=O)c1cc2ccccc2[nH]1. The van der Waals surface area contributed by atoms with E-state index in [9.17, 15) is 18.5 Å². The Morgan fingerprint density at radius 2 is 2.00 bits per heavy atom. The topological polar surface area (TPSA) is 93.1 Å². The molecule has 1 aromatic carbocycles. The second-order valence-corrected chi connectivity index (χ2v) is 5.22. The van der Waals surface area contributed by atoms with Crippen LogP contribution in [-0.4, -0.2) is 24.2 Å². The van der Waals surface area contributed by atoms with Crippen LogP contribution in [-0.2, 0) is 9.84 Å². The number of para-hydroxylation sites is 1. The molecule has 2 rings (SSSR count). The summed E-state index contributed by atoms with van der Waals surface area (Å²) in [6, 6.07) is 8.36. The van der Waals surface area contributed by atoms with Crippen LogP contribution in [0.1, 0.15) is 0 Å². The first-order valence-electron chi connectivity index (χ1n) is 4.41. The number of nitro groups is 1. The van der Waals surface area contributed by atoms with Crippen molar-refractivity contribution in [2.75, 3.05) is 5.88 Å². The van der Waals surface area contributed by atoms with Gasteiger partial charge in [0.2, 0.25) is 0 Å². The maximum absolute atomic E-state index is 11.5. The van der Waals surface area contributed by atoms with E-state index in [1.54, 1.807) is 24.3 Å². The van der Waals surface area contributed by atoms with Gasteiger partial charge in [-0.1, -0.05) is 18.2 Å². The molecule has 0 spiro atoms.